The summed E-state index contributed by atoms with van der Waals surface area (Å²) in [5, 5.41) is 16.1. The first-order chi connectivity index (χ1) is 22.5. The highest BCUT2D eigenvalue weighted by molar-refractivity contribution is 6.21. The number of nitro groups is 1. The fraction of sp³-hybridized carbons (Fsp3) is 0.528. The first kappa shape index (κ1) is 28.6. The third kappa shape index (κ3) is 3.30. The van der Waals surface area contributed by atoms with Crippen LogP contribution in [0.4, 0.5) is 0 Å². The highest BCUT2D eigenvalue weighted by atomic mass is 16.9. The van der Waals surface area contributed by atoms with Gasteiger partial charge in [-0.05, 0) is 62.9 Å². The minimum atomic E-state index is -1.79. The molecular formula is C36H36N2O9. The van der Waals surface area contributed by atoms with Crippen LogP contribution in [0.5, 0.6) is 5.75 Å². The predicted octanol–water partition coefficient (Wildman–Crippen LogP) is 4.67. The van der Waals surface area contributed by atoms with Gasteiger partial charge in [0.05, 0.1) is 12.0 Å². The number of ether oxygens (including phenoxy) is 6. The van der Waals surface area contributed by atoms with Gasteiger partial charge in [0.25, 0.3) is 5.54 Å². The van der Waals surface area contributed by atoms with Crippen LogP contribution < -0.4 is 4.74 Å². The van der Waals surface area contributed by atoms with Crippen molar-refractivity contribution in [1.29, 1.82) is 0 Å². The van der Waals surface area contributed by atoms with E-state index in [0.717, 1.165) is 16.3 Å². The predicted molar refractivity (Wildman–Crippen MR) is 166 cm³/mol. The fourth-order valence-corrected chi connectivity index (χ4v) is 10.5. The maximum atomic E-state index is 15.2. The first-order valence-corrected chi connectivity index (χ1v) is 16.6. The Kier molecular flexibility index (Phi) is 5.44. The Hall–Kier alpha value is -3.45. The summed E-state index contributed by atoms with van der Waals surface area (Å²) in [6.45, 7) is 7.80. The van der Waals surface area contributed by atoms with Crippen molar-refractivity contribution in [3.05, 3.63) is 87.5 Å². The standard InChI is InChI=1S/C36H36N2O9/c1-33(2)44-25-26(45-33)28-32(47-34(3,4)46-28)43-27(25)31-36(38(40)41)23-16-9-17-37(23)35(29(36)19-12-5-6-15-22(19)42-31)21-14-8-11-18-10-7-13-20(24(18)21)30(35)39/h5-8,10-15,23,25-29,31-32H,9,16-17H2,1-4H3/t23?,25-,26+,27+,28-,29-,31-,32-,35-,36-/m1/s1. The number of rotatable bonds is 2. The van der Waals surface area contributed by atoms with Gasteiger partial charge in [-0.2, -0.15) is 0 Å². The molecule has 7 aliphatic rings. The minimum Gasteiger partial charge on any atom is -0.480 e. The Bertz CT molecular complexity index is 1890. The zero-order valence-corrected chi connectivity index (χ0v) is 26.6. The maximum Gasteiger partial charge on any atom is 0.285 e. The lowest BCUT2D eigenvalue weighted by molar-refractivity contribution is -0.594. The van der Waals surface area contributed by atoms with E-state index in [1.54, 1.807) is 0 Å². The molecule has 5 saturated heterocycles. The summed E-state index contributed by atoms with van der Waals surface area (Å²) in [7, 11) is 0. The van der Waals surface area contributed by atoms with E-state index in [1.807, 2.05) is 88.4 Å². The van der Waals surface area contributed by atoms with E-state index < -0.39 is 71.4 Å². The molecule has 0 N–H and O–H groups in total. The average molecular weight is 641 g/mol. The smallest absolute Gasteiger partial charge is 0.285 e. The molecule has 0 saturated carbocycles. The molecule has 0 aromatic heterocycles. The van der Waals surface area contributed by atoms with Crippen molar-refractivity contribution in [2.24, 2.45) is 0 Å². The van der Waals surface area contributed by atoms with Crippen LogP contribution in [0, 0.1) is 10.1 Å². The van der Waals surface area contributed by atoms with Crippen LogP contribution >= 0.6 is 0 Å². The SMILES string of the molecule is CC1(C)O[C@@H]2[C@H](O1)[C@H]1OC(C)(C)O[C@H]1O[C@@H]2[C@H]1Oc2ccccc2[C@H]2[C@]1([N+](=O)[O-])C1CCCN1[C@@]21C(=O)c2cccc3cccc1c23. The second kappa shape index (κ2) is 8.96. The van der Waals surface area contributed by atoms with Gasteiger partial charge >= 0.3 is 0 Å². The van der Waals surface area contributed by atoms with Crippen LogP contribution in [0.1, 0.15) is 67.9 Å². The first-order valence-electron chi connectivity index (χ1n) is 16.6. The Morgan fingerprint density at radius 1 is 0.851 bits per heavy atom. The highest BCUT2D eigenvalue weighted by Crippen LogP contribution is 2.69. The van der Waals surface area contributed by atoms with E-state index in [-0.39, 0.29) is 10.7 Å². The van der Waals surface area contributed by atoms with Crippen LogP contribution in [-0.2, 0) is 29.2 Å². The molecule has 0 radical (unpaired) electrons. The van der Waals surface area contributed by atoms with Crippen LogP contribution in [-0.4, -0.2) is 82.1 Å². The van der Waals surface area contributed by atoms with Gasteiger partial charge in [-0.15, -0.1) is 0 Å². The molecule has 11 heteroatoms. The lowest BCUT2D eigenvalue weighted by Crippen LogP contribution is -2.71. The Morgan fingerprint density at radius 3 is 2.34 bits per heavy atom. The van der Waals surface area contributed by atoms with Crippen molar-refractivity contribution in [2.45, 2.75) is 112 Å². The number of Topliss-reactive ketones (excluding diaryl/α,β-unsaturated/α-hetero) is 1. The number of hydrogen-bond donors (Lipinski definition) is 0. The molecule has 1 aliphatic carbocycles. The molecule has 0 bridgehead atoms. The second-order valence-corrected chi connectivity index (χ2v) is 14.9. The topological polar surface area (TPSA) is 119 Å². The van der Waals surface area contributed by atoms with Gasteiger partial charge in [0.2, 0.25) is 0 Å². The van der Waals surface area contributed by atoms with Gasteiger partial charge in [-0.1, -0.05) is 54.6 Å². The third-order valence-electron chi connectivity index (χ3n) is 11.8. The molecule has 6 heterocycles. The van der Waals surface area contributed by atoms with Crippen LogP contribution in [0.15, 0.2) is 60.7 Å². The minimum absolute atomic E-state index is 0.0984. The highest BCUT2D eigenvalue weighted by Gasteiger charge is 2.85. The molecule has 1 unspecified atom stereocenters. The van der Waals surface area contributed by atoms with Gasteiger partial charge in [0.15, 0.2) is 29.8 Å². The van der Waals surface area contributed by atoms with Crippen molar-refractivity contribution in [2.75, 3.05) is 6.54 Å². The van der Waals surface area contributed by atoms with Crippen molar-refractivity contribution < 1.29 is 38.1 Å². The number of carbonyl (C=O) groups is 1. The van der Waals surface area contributed by atoms with Gasteiger partial charge < -0.3 is 28.4 Å². The lowest BCUT2D eigenvalue weighted by atomic mass is 9.61. The molecule has 1 spiro atoms. The van der Waals surface area contributed by atoms with E-state index in [1.165, 1.54) is 0 Å². The molecule has 10 rings (SSSR count). The zero-order valence-electron chi connectivity index (χ0n) is 26.6. The summed E-state index contributed by atoms with van der Waals surface area (Å²) in [6.07, 6.45) is -3.75. The quantitative estimate of drug-likeness (QED) is 0.289. The largest absolute Gasteiger partial charge is 0.480 e. The fourth-order valence-electron chi connectivity index (χ4n) is 10.5. The van der Waals surface area contributed by atoms with Gasteiger partial charge in [-0.3, -0.25) is 19.8 Å². The zero-order chi connectivity index (χ0) is 32.2. The molecule has 3 aromatic rings. The summed E-state index contributed by atoms with van der Waals surface area (Å²) < 4.78 is 39.1. The normalized spacial score (nSPS) is 41.7. The third-order valence-corrected chi connectivity index (χ3v) is 11.8. The van der Waals surface area contributed by atoms with E-state index in [4.69, 9.17) is 28.4 Å². The van der Waals surface area contributed by atoms with Crippen molar-refractivity contribution in [3.63, 3.8) is 0 Å². The molecule has 11 nitrogen and oxygen atoms in total. The molecule has 47 heavy (non-hydrogen) atoms. The lowest BCUT2D eigenvalue weighted by Gasteiger charge is -2.49. The van der Waals surface area contributed by atoms with Crippen LogP contribution in [0.25, 0.3) is 10.8 Å². The molecule has 10 atom stereocenters. The number of fused-ring (bicyclic) bond motifs is 11. The van der Waals surface area contributed by atoms with Gasteiger partial charge in [-0.25, -0.2) is 0 Å². The number of para-hydroxylation sites is 1. The number of carbonyl (C=O) groups excluding carboxylic acids is 1. The molecule has 244 valence electrons. The van der Waals surface area contributed by atoms with Gasteiger partial charge in [0.1, 0.15) is 35.7 Å². The Morgan fingerprint density at radius 2 is 1.55 bits per heavy atom. The van der Waals surface area contributed by atoms with E-state index in [2.05, 4.69) is 4.90 Å². The summed E-state index contributed by atoms with van der Waals surface area (Å²) in [6, 6.07) is 18.6. The van der Waals surface area contributed by atoms with Crippen LogP contribution in [0.2, 0.25) is 0 Å². The summed E-state index contributed by atoms with van der Waals surface area (Å²) in [5.74, 6) is -2.46. The summed E-state index contributed by atoms with van der Waals surface area (Å²) >= 11 is 0. The number of hydrogen-bond acceptors (Lipinski definition) is 10. The van der Waals surface area contributed by atoms with Crippen molar-refractivity contribution in [3.8, 4) is 5.75 Å². The van der Waals surface area contributed by atoms with Crippen LogP contribution in [0.3, 0.4) is 0 Å². The molecule has 0 amide bonds. The molecular weight excluding hydrogens is 604 g/mol. The van der Waals surface area contributed by atoms with Gasteiger partial charge in [0, 0.05) is 22.6 Å². The molecule has 6 aliphatic heterocycles. The number of nitrogens with zero attached hydrogens (tertiary/aromatic N) is 2. The van der Waals surface area contributed by atoms with Crippen molar-refractivity contribution >= 4 is 16.6 Å². The monoisotopic (exact) mass is 640 g/mol. The molecule has 5 fully saturated rings. The maximum absolute atomic E-state index is 15.2. The Balaban J connectivity index is 1.24. The summed E-state index contributed by atoms with van der Waals surface area (Å²) in [4.78, 5) is 31.5. The summed E-state index contributed by atoms with van der Waals surface area (Å²) in [5.41, 5.74) is -1.02. The van der Waals surface area contributed by atoms with Crippen molar-refractivity contribution in [1.82, 2.24) is 4.90 Å². The Labute approximate surface area is 271 Å². The number of ketones is 1. The van der Waals surface area contributed by atoms with E-state index in [0.29, 0.717) is 36.3 Å². The average Bonchev–Trinajstić information content (AvgIpc) is 3.81. The van der Waals surface area contributed by atoms with E-state index in [9.17, 15) is 10.1 Å². The van der Waals surface area contributed by atoms with E-state index >= 15 is 4.79 Å². The number of benzene rings is 3. The molecule has 3 aromatic carbocycles. The second-order valence-electron chi connectivity index (χ2n) is 14.9.